The molecule has 1 aromatic rings. The Kier molecular flexibility index (Phi) is 3.98. The van der Waals surface area contributed by atoms with Crippen molar-refractivity contribution in [3.63, 3.8) is 0 Å². The molecule has 0 amide bonds. The smallest absolute Gasteiger partial charge is 0.312 e. The Morgan fingerprint density at radius 3 is 2.80 bits per heavy atom. The first-order chi connectivity index (χ1) is 7.06. The lowest BCUT2D eigenvalue weighted by atomic mass is 10.3. The third kappa shape index (κ3) is 2.87. The Morgan fingerprint density at radius 2 is 2.27 bits per heavy atom. The molecule has 0 aliphatic carbocycles. The fraction of sp³-hybridized carbons (Fsp3) is 0.250. The van der Waals surface area contributed by atoms with E-state index in [0.717, 1.165) is 12.1 Å². The molecule has 0 bridgehead atoms. The molecular formula is C8H7BrFNO4. The fourth-order valence-corrected chi connectivity index (χ4v) is 1.26. The minimum atomic E-state index is -0.684. The quantitative estimate of drug-likeness (QED) is 0.675. The maximum Gasteiger partial charge on any atom is 0.312 e. The van der Waals surface area contributed by atoms with Crippen LogP contribution in [0.15, 0.2) is 16.6 Å². The van der Waals surface area contributed by atoms with Gasteiger partial charge in [-0.05, 0) is 15.9 Å². The van der Waals surface area contributed by atoms with Crippen molar-refractivity contribution in [2.45, 2.75) is 0 Å². The summed E-state index contributed by atoms with van der Waals surface area (Å²) < 4.78 is 17.9. The van der Waals surface area contributed by atoms with Gasteiger partial charge in [0.1, 0.15) is 12.4 Å². The number of ether oxygens (including phenoxy) is 1. The normalized spacial score (nSPS) is 10.1. The van der Waals surface area contributed by atoms with Gasteiger partial charge in [-0.25, -0.2) is 4.39 Å². The van der Waals surface area contributed by atoms with Gasteiger partial charge in [0.15, 0.2) is 5.75 Å². The summed E-state index contributed by atoms with van der Waals surface area (Å²) in [6.45, 7) is -0.420. The van der Waals surface area contributed by atoms with E-state index in [1.807, 2.05) is 0 Å². The van der Waals surface area contributed by atoms with Gasteiger partial charge in [0.05, 0.1) is 16.0 Å². The van der Waals surface area contributed by atoms with E-state index in [4.69, 9.17) is 9.84 Å². The Hall–Kier alpha value is -1.21. The third-order valence-corrected chi connectivity index (χ3v) is 2.16. The lowest BCUT2D eigenvalue weighted by molar-refractivity contribution is -0.386. The summed E-state index contributed by atoms with van der Waals surface area (Å²) in [7, 11) is 0. The summed E-state index contributed by atoms with van der Waals surface area (Å²) in [5.41, 5.74) is -0.350. The second kappa shape index (κ2) is 5.04. The number of hydrogen-bond acceptors (Lipinski definition) is 4. The van der Waals surface area contributed by atoms with Crippen LogP contribution in [0.3, 0.4) is 0 Å². The molecule has 0 heterocycles. The number of benzene rings is 1. The van der Waals surface area contributed by atoms with Crippen molar-refractivity contribution in [1.29, 1.82) is 0 Å². The van der Waals surface area contributed by atoms with Crippen LogP contribution in [0.2, 0.25) is 0 Å². The Bertz CT molecular complexity index is 385. The van der Waals surface area contributed by atoms with Gasteiger partial charge in [-0.2, -0.15) is 0 Å². The zero-order valence-electron chi connectivity index (χ0n) is 7.44. The Morgan fingerprint density at radius 1 is 1.60 bits per heavy atom. The zero-order chi connectivity index (χ0) is 11.4. The first-order valence-corrected chi connectivity index (χ1v) is 4.72. The van der Waals surface area contributed by atoms with E-state index in [0.29, 0.717) is 0 Å². The molecule has 7 heteroatoms. The molecule has 0 aromatic heterocycles. The molecule has 0 radical (unpaired) electrons. The molecule has 15 heavy (non-hydrogen) atoms. The van der Waals surface area contributed by atoms with Crippen LogP contribution >= 0.6 is 15.9 Å². The first kappa shape index (κ1) is 11.9. The number of aliphatic hydroxyl groups is 1. The third-order valence-electron chi connectivity index (χ3n) is 1.55. The van der Waals surface area contributed by atoms with Crippen LogP contribution in [0.1, 0.15) is 0 Å². The van der Waals surface area contributed by atoms with Crippen molar-refractivity contribution in [2.24, 2.45) is 0 Å². The van der Waals surface area contributed by atoms with Crippen molar-refractivity contribution in [3.05, 3.63) is 32.5 Å². The molecule has 1 rings (SSSR count). The molecular weight excluding hydrogens is 273 g/mol. The van der Waals surface area contributed by atoms with Gasteiger partial charge >= 0.3 is 5.69 Å². The van der Waals surface area contributed by atoms with Gasteiger partial charge in [0, 0.05) is 12.1 Å². The summed E-state index contributed by atoms with van der Waals surface area (Å²) in [4.78, 5) is 9.88. The summed E-state index contributed by atoms with van der Waals surface area (Å²) in [6.07, 6.45) is 0. The monoisotopic (exact) mass is 279 g/mol. The van der Waals surface area contributed by atoms with Gasteiger partial charge in [-0.3, -0.25) is 10.1 Å². The molecule has 0 atom stereocenters. The molecule has 0 aliphatic heterocycles. The molecule has 82 valence electrons. The predicted octanol–water partition coefficient (Wildman–Crippen LogP) is 1.87. The number of halogens is 2. The van der Waals surface area contributed by atoms with E-state index < -0.39 is 10.7 Å². The Labute approximate surface area is 92.8 Å². The van der Waals surface area contributed by atoms with Gasteiger partial charge in [-0.1, -0.05) is 0 Å². The van der Waals surface area contributed by atoms with E-state index in [2.05, 4.69) is 15.9 Å². The molecule has 1 aromatic carbocycles. The maximum absolute atomic E-state index is 13.0. The number of nitro groups is 1. The molecule has 0 aliphatic rings. The number of nitro benzene ring substituents is 1. The SMILES string of the molecule is O=[N+]([O-])c1cc(Br)c(F)cc1OCCO. The van der Waals surface area contributed by atoms with E-state index in [9.17, 15) is 14.5 Å². The standard InChI is InChI=1S/C8H7BrFNO4/c9-5-3-7(11(13)14)8(4-6(5)10)15-2-1-12/h3-4,12H,1-2H2. The minimum absolute atomic E-state index is 0.00875. The summed E-state index contributed by atoms with van der Waals surface area (Å²) >= 11 is 2.83. The van der Waals surface area contributed by atoms with Crippen LogP contribution in [0, 0.1) is 15.9 Å². The molecule has 5 nitrogen and oxygen atoms in total. The first-order valence-electron chi connectivity index (χ1n) is 3.93. The molecule has 0 fully saturated rings. The Balaban J connectivity index is 3.10. The highest BCUT2D eigenvalue weighted by Crippen LogP contribution is 2.32. The van der Waals surface area contributed by atoms with Crippen molar-refractivity contribution < 1.29 is 19.2 Å². The maximum atomic E-state index is 13.0. The van der Waals surface area contributed by atoms with Crippen LogP contribution in [0.4, 0.5) is 10.1 Å². The number of hydrogen-bond donors (Lipinski definition) is 1. The average Bonchev–Trinajstić information content (AvgIpc) is 2.19. The van der Waals surface area contributed by atoms with Gasteiger partial charge in [-0.15, -0.1) is 0 Å². The number of nitrogens with zero attached hydrogens (tertiary/aromatic N) is 1. The highest BCUT2D eigenvalue weighted by atomic mass is 79.9. The molecule has 0 saturated carbocycles. The lowest BCUT2D eigenvalue weighted by Gasteiger charge is -2.05. The van der Waals surface area contributed by atoms with E-state index >= 15 is 0 Å². The van der Waals surface area contributed by atoms with Gasteiger partial charge < -0.3 is 9.84 Å². The predicted molar refractivity (Wildman–Crippen MR) is 53.3 cm³/mol. The second-order valence-electron chi connectivity index (χ2n) is 2.56. The molecule has 0 unspecified atom stereocenters. The number of aliphatic hydroxyl groups excluding tert-OH is 1. The van der Waals surface area contributed by atoms with Crippen LogP contribution in [-0.2, 0) is 0 Å². The van der Waals surface area contributed by atoms with E-state index in [1.165, 1.54) is 0 Å². The van der Waals surface area contributed by atoms with Crippen LogP contribution < -0.4 is 4.74 Å². The van der Waals surface area contributed by atoms with Gasteiger partial charge in [0.25, 0.3) is 0 Å². The molecule has 0 spiro atoms. The van der Waals surface area contributed by atoms with Crippen LogP contribution in [0.25, 0.3) is 0 Å². The fourth-order valence-electron chi connectivity index (χ4n) is 0.932. The van der Waals surface area contributed by atoms with Crippen molar-refractivity contribution in [1.82, 2.24) is 0 Å². The van der Waals surface area contributed by atoms with Crippen molar-refractivity contribution in [3.8, 4) is 5.75 Å². The van der Waals surface area contributed by atoms with Crippen LogP contribution in [0.5, 0.6) is 5.75 Å². The van der Waals surface area contributed by atoms with Gasteiger partial charge in [0.2, 0.25) is 0 Å². The number of rotatable bonds is 4. The van der Waals surface area contributed by atoms with Crippen LogP contribution in [-0.4, -0.2) is 23.2 Å². The van der Waals surface area contributed by atoms with Crippen molar-refractivity contribution >= 4 is 21.6 Å². The average molecular weight is 280 g/mol. The van der Waals surface area contributed by atoms with Crippen molar-refractivity contribution in [2.75, 3.05) is 13.2 Å². The summed E-state index contributed by atoms with van der Waals surface area (Å²) in [6, 6.07) is 1.92. The topological polar surface area (TPSA) is 72.6 Å². The summed E-state index contributed by atoms with van der Waals surface area (Å²) in [5.74, 6) is -0.858. The highest BCUT2D eigenvalue weighted by Gasteiger charge is 2.18. The molecule has 0 saturated heterocycles. The van der Waals surface area contributed by atoms with E-state index in [-0.39, 0.29) is 29.1 Å². The second-order valence-corrected chi connectivity index (χ2v) is 3.42. The molecule has 1 N–H and O–H groups in total. The largest absolute Gasteiger partial charge is 0.484 e. The van der Waals surface area contributed by atoms with E-state index in [1.54, 1.807) is 0 Å². The summed E-state index contributed by atoms with van der Waals surface area (Å²) in [5, 5.41) is 19.1. The zero-order valence-corrected chi connectivity index (χ0v) is 9.03. The minimum Gasteiger partial charge on any atom is -0.484 e. The highest BCUT2D eigenvalue weighted by molar-refractivity contribution is 9.10. The lowest BCUT2D eigenvalue weighted by Crippen LogP contribution is -2.04.